The molecule has 2 N–H and O–H groups in total. The minimum atomic E-state index is -1.27. The van der Waals surface area contributed by atoms with E-state index >= 15 is 0 Å². The van der Waals surface area contributed by atoms with Crippen molar-refractivity contribution in [1.82, 2.24) is 0 Å². The van der Waals surface area contributed by atoms with Crippen molar-refractivity contribution in [3.05, 3.63) is 0 Å². The van der Waals surface area contributed by atoms with E-state index in [4.69, 9.17) is 29.4 Å². The van der Waals surface area contributed by atoms with Crippen LogP contribution in [-0.2, 0) is 52.4 Å². The molecule has 0 unspecified atom stereocenters. The van der Waals surface area contributed by atoms with Crippen molar-refractivity contribution in [1.29, 1.82) is 0 Å². The molecule has 1 rings (SSSR count). The van der Waals surface area contributed by atoms with Crippen molar-refractivity contribution in [2.75, 3.05) is 19.5 Å². The van der Waals surface area contributed by atoms with E-state index in [2.05, 4.69) is 4.74 Å². The van der Waals surface area contributed by atoms with Crippen molar-refractivity contribution in [3.8, 4) is 0 Å². The van der Waals surface area contributed by atoms with Crippen LogP contribution < -0.4 is 5.73 Å². The predicted molar refractivity (Wildman–Crippen MR) is 104 cm³/mol. The molecule has 0 aromatic rings. The van der Waals surface area contributed by atoms with Crippen LogP contribution in [0.1, 0.15) is 27.7 Å². The smallest absolute Gasteiger partial charge is 0.323 e. The second-order valence-electron chi connectivity index (χ2n) is 6.53. The normalized spacial score (nSPS) is 26.2. The van der Waals surface area contributed by atoms with Gasteiger partial charge < -0.3 is 34.2 Å². The fourth-order valence-corrected chi connectivity index (χ4v) is 3.90. The molecule has 12 nitrogen and oxygen atoms in total. The van der Waals surface area contributed by atoms with E-state index in [1.807, 2.05) is 0 Å². The number of ether oxygens (including phenoxy) is 6. The Bertz CT molecular complexity index is 685. The van der Waals surface area contributed by atoms with Crippen molar-refractivity contribution < 1.29 is 52.4 Å². The number of hydrogen-bond acceptors (Lipinski definition) is 13. The lowest BCUT2D eigenvalue weighted by atomic mass is 9.99. The highest BCUT2D eigenvalue weighted by Gasteiger charge is 2.52. The highest BCUT2D eigenvalue weighted by Crippen LogP contribution is 2.34. The number of nitrogens with two attached hydrogens (primary N) is 1. The summed E-state index contributed by atoms with van der Waals surface area (Å²) in [4.78, 5) is 58.0. The molecular weight excluding hydrogens is 438 g/mol. The molecule has 31 heavy (non-hydrogen) atoms. The minimum absolute atomic E-state index is 0.000411. The lowest BCUT2D eigenvalue weighted by Gasteiger charge is -2.44. The van der Waals surface area contributed by atoms with Crippen LogP contribution in [0.4, 0.5) is 0 Å². The summed E-state index contributed by atoms with van der Waals surface area (Å²) in [5.74, 6) is -3.46. The van der Waals surface area contributed by atoms with Crippen LogP contribution in [0.2, 0.25) is 0 Å². The quantitative estimate of drug-likeness (QED) is 0.336. The van der Waals surface area contributed by atoms with Gasteiger partial charge in [0.15, 0.2) is 18.3 Å². The van der Waals surface area contributed by atoms with Gasteiger partial charge in [0, 0.05) is 33.4 Å². The van der Waals surface area contributed by atoms with Gasteiger partial charge in [0.1, 0.15) is 24.2 Å². The van der Waals surface area contributed by atoms with Crippen molar-refractivity contribution in [2.45, 2.75) is 63.6 Å². The summed E-state index contributed by atoms with van der Waals surface area (Å²) in [6, 6.07) is -1.01. The van der Waals surface area contributed by atoms with Crippen LogP contribution in [-0.4, -0.2) is 85.2 Å². The third-order valence-electron chi connectivity index (χ3n) is 3.89. The molecule has 1 saturated heterocycles. The molecule has 0 aromatic carbocycles. The van der Waals surface area contributed by atoms with Gasteiger partial charge in [-0.05, 0) is 0 Å². The minimum Gasteiger partial charge on any atom is -0.468 e. The van der Waals surface area contributed by atoms with E-state index in [0.29, 0.717) is 0 Å². The van der Waals surface area contributed by atoms with Crippen LogP contribution >= 0.6 is 11.8 Å². The number of carbonyl (C=O) groups is 5. The number of rotatable bonds is 9. The first-order valence-corrected chi connectivity index (χ1v) is 10.3. The third kappa shape index (κ3) is 8.71. The van der Waals surface area contributed by atoms with E-state index in [9.17, 15) is 24.0 Å². The number of esters is 5. The fourth-order valence-electron chi connectivity index (χ4n) is 2.74. The Balaban J connectivity index is 3.25. The van der Waals surface area contributed by atoms with Gasteiger partial charge in [0.25, 0.3) is 0 Å². The highest BCUT2D eigenvalue weighted by molar-refractivity contribution is 7.99. The number of hydrogen-bond donors (Lipinski definition) is 1. The largest absolute Gasteiger partial charge is 0.468 e. The van der Waals surface area contributed by atoms with Gasteiger partial charge in [-0.2, -0.15) is 0 Å². The summed E-state index contributed by atoms with van der Waals surface area (Å²) >= 11 is 0.991. The van der Waals surface area contributed by atoms with Crippen LogP contribution in [0.15, 0.2) is 0 Å². The van der Waals surface area contributed by atoms with Gasteiger partial charge in [-0.3, -0.25) is 24.0 Å². The molecule has 1 heterocycles. The van der Waals surface area contributed by atoms with Gasteiger partial charge in [-0.25, -0.2) is 0 Å². The second kappa shape index (κ2) is 12.5. The van der Waals surface area contributed by atoms with Crippen LogP contribution in [0, 0.1) is 0 Å². The standard InChI is InChI=1S/C18H27NO11S/c1-8(20)26-6-13-14(27-9(2)21)15(28-10(3)22)16(29-11(4)23)18(30-13)31-7-12(19)17(24)25-5/h12-16,18H,6-7,19H2,1-5H3/t12-,13+,14+,15-,16-,18+/m0/s1. The average molecular weight is 465 g/mol. The van der Waals surface area contributed by atoms with E-state index in [0.717, 1.165) is 32.5 Å². The molecule has 1 fully saturated rings. The Morgan fingerprint density at radius 3 is 1.87 bits per heavy atom. The molecule has 1 aliphatic heterocycles. The molecule has 0 radical (unpaired) electrons. The Hall–Kier alpha value is -2.38. The summed E-state index contributed by atoms with van der Waals surface area (Å²) in [6.45, 7) is 4.24. The number of thioether (sulfide) groups is 1. The maximum absolute atomic E-state index is 11.7. The Morgan fingerprint density at radius 2 is 1.39 bits per heavy atom. The van der Waals surface area contributed by atoms with Crippen molar-refractivity contribution in [3.63, 3.8) is 0 Å². The van der Waals surface area contributed by atoms with E-state index in [-0.39, 0.29) is 12.4 Å². The topological polar surface area (TPSA) is 167 Å². The monoisotopic (exact) mass is 465 g/mol. The zero-order chi connectivity index (χ0) is 23.7. The summed E-state index contributed by atoms with van der Waals surface area (Å²) in [7, 11) is 1.18. The lowest BCUT2D eigenvalue weighted by Crippen LogP contribution is -2.61. The Kier molecular flexibility index (Phi) is 10.7. The van der Waals surface area contributed by atoms with E-state index in [1.54, 1.807) is 0 Å². The molecule has 0 aromatic heterocycles. The maximum Gasteiger partial charge on any atom is 0.323 e. The predicted octanol–water partition coefficient (Wildman–Crippen LogP) is -0.697. The zero-order valence-corrected chi connectivity index (χ0v) is 18.7. The molecular formula is C18H27NO11S. The van der Waals surface area contributed by atoms with Gasteiger partial charge in [0.05, 0.1) is 7.11 Å². The highest BCUT2D eigenvalue weighted by atomic mass is 32.2. The molecule has 0 saturated carbocycles. The molecule has 1 aliphatic rings. The van der Waals surface area contributed by atoms with Crippen molar-refractivity contribution in [2.24, 2.45) is 5.73 Å². The van der Waals surface area contributed by atoms with Gasteiger partial charge in [-0.15, -0.1) is 11.8 Å². The molecule has 176 valence electrons. The number of carbonyl (C=O) groups excluding carboxylic acids is 5. The van der Waals surface area contributed by atoms with Gasteiger partial charge >= 0.3 is 29.8 Å². The molecule has 0 aliphatic carbocycles. The second-order valence-corrected chi connectivity index (χ2v) is 7.66. The molecule has 0 spiro atoms. The summed E-state index contributed by atoms with van der Waals surface area (Å²) in [6.07, 6.45) is -4.78. The molecule has 13 heteroatoms. The first kappa shape index (κ1) is 26.7. The summed E-state index contributed by atoms with van der Waals surface area (Å²) in [5, 5.41) is 0. The molecule has 6 atom stereocenters. The lowest BCUT2D eigenvalue weighted by molar-refractivity contribution is -0.237. The fraction of sp³-hybridized carbons (Fsp3) is 0.722. The van der Waals surface area contributed by atoms with Crippen LogP contribution in [0.5, 0.6) is 0 Å². The van der Waals surface area contributed by atoms with Crippen LogP contribution in [0.25, 0.3) is 0 Å². The van der Waals surface area contributed by atoms with E-state index in [1.165, 1.54) is 14.0 Å². The van der Waals surface area contributed by atoms with Crippen molar-refractivity contribution >= 4 is 41.6 Å². The SMILES string of the molecule is COC(=O)[C@@H](N)CS[C@H]1O[C@H](COC(C)=O)[C@@H](OC(C)=O)[C@H](OC(C)=O)[C@@H]1OC(C)=O. The Labute approximate surface area is 183 Å². The van der Waals surface area contributed by atoms with Gasteiger partial charge in [0.2, 0.25) is 0 Å². The Morgan fingerprint density at radius 1 is 0.871 bits per heavy atom. The summed E-state index contributed by atoms with van der Waals surface area (Å²) in [5.41, 5.74) is 4.75. The maximum atomic E-state index is 11.7. The van der Waals surface area contributed by atoms with Crippen LogP contribution in [0.3, 0.4) is 0 Å². The third-order valence-corrected chi connectivity index (χ3v) is 5.15. The zero-order valence-electron chi connectivity index (χ0n) is 17.9. The van der Waals surface area contributed by atoms with Gasteiger partial charge in [-0.1, -0.05) is 0 Å². The first-order chi connectivity index (χ1) is 14.5. The summed E-state index contributed by atoms with van der Waals surface area (Å²) < 4.78 is 31.3. The average Bonchev–Trinajstić information content (AvgIpc) is 2.66. The number of methoxy groups -OCH3 is 1. The van der Waals surface area contributed by atoms with E-state index < -0.39 is 65.7 Å². The molecule has 0 bridgehead atoms. The first-order valence-electron chi connectivity index (χ1n) is 9.21. The molecule has 0 amide bonds.